The number of nitrogens with zero attached hydrogens (tertiary/aromatic N) is 6. The number of hydrogen-bond donors (Lipinski definition) is 1. The quantitative estimate of drug-likeness (QED) is 0.742. The van der Waals surface area contributed by atoms with E-state index in [2.05, 4.69) is 37.2 Å². The van der Waals surface area contributed by atoms with Crippen molar-refractivity contribution >= 4 is 11.0 Å². The molecule has 3 fully saturated rings. The van der Waals surface area contributed by atoms with E-state index in [1.807, 2.05) is 23.1 Å². The van der Waals surface area contributed by atoms with Crippen molar-refractivity contribution in [3.63, 3.8) is 0 Å². The first kappa shape index (κ1) is 17.2. The zero-order valence-corrected chi connectivity index (χ0v) is 16.5. The summed E-state index contributed by atoms with van der Waals surface area (Å²) in [6.45, 7) is 1.85. The first-order chi connectivity index (χ1) is 14.2. The molecule has 4 heterocycles. The molecule has 1 N–H and O–H groups in total. The van der Waals surface area contributed by atoms with Crippen LogP contribution < -0.4 is 0 Å². The summed E-state index contributed by atoms with van der Waals surface area (Å²) in [4.78, 5) is 14.5. The maximum absolute atomic E-state index is 9.52. The molecule has 1 saturated heterocycles. The Morgan fingerprint density at radius 3 is 2.79 bits per heavy atom. The Kier molecular flexibility index (Phi) is 3.78. The van der Waals surface area contributed by atoms with Gasteiger partial charge in [0, 0.05) is 42.5 Å². The Morgan fingerprint density at radius 1 is 1.17 bits per heavy atom. The molecule has 7 heteroatoms. The van der Waals surface area contributed by atoms with Crippen molar-refractivity contribution in [1.29, 1.82) is 5.26 Å². The summed E-state index contributed by atoms with van der Waals surface area (Å²) in [6, 6.07) is 5.11. The van der Waals surface area contributed by atoms with Crippen molar-refractivity contribution in [3.8, 4) is 17.3 Å². The lowest BCUT2D eigenvalue weighted by Gasteiger charge is -2.53. The monoisotopic (exact) mass is 387 g/mol. The van der Waals surface area contributed by atoms with Gasteiger partial charge in [0.25, 0.3) is 0 Å². The van der Waals surface area contributed by atoms with E-state index in [1.165, 1.54) is 32.1 Å². The Morgan fingerprint density at radius 2 is 2.00 bits per heavy atom. The lowest BCUT2D eigenvalue weighted by atomic mass is 9.79. The van der Waals surface area contributed by atoms with Gasteiger partial charge in [-0.1, -0.05) is 12.8 Å². The second kappa shape index (κ2) is 6.39. The molecule has 2 unspecified atom stereocenters. The highest BCUT2D eigenvalue weighted by Crippen LogP contribution is 2.46. The van der Waals surface area contributed by atoms with Crippen LogP contribution in [0, 0.1) is 23.2 Å². The molecule has 6 rings (SSSR count). The maximum Gasteiger partial charge on any atom is 0.141 e. The third kappa shape index (κ3) is 2.70. The van der Waals surface area contributed by atoms with Crippen LogP contribution in [0.25, 0.3) is 22.3 Å². The van der Waals surface area contributed by atoms with Crippen LogP contribution in [0.2, 0.25) is 0 Å². The SMILES string of the molecule is N#CCC1(n2cc(-c3ncnc4[nH]ccc34)cn2)CN(C2CC3CCC(C3)C2)C1. The van der Waals surface area contributed by atoms with Gasteiger partial charge in [0.15, 0.2) is 0 Å². The molecule has 0 amide bonds. The molecule has 3 aromatic rings. The number of aromatic amines is 1. The smallest absolute Gasteiger partial charge is 0.141 e. The van der Waals surface area contributed by atoms with Gasteiger partial charge in [0.05, 0.1) is 24.4 Å². The molecule has 29 heavy (non-hydrogen) atoms. The van der Waals surface area contributed by atoms with Crippen LogP contribution in [0.3, 0.4) is 0 Å². The number of H-pyrrole nitrogens is 1. The largest absolute Gasteiger partial charge is 0.346 e. The number of rotatable bonds is 4. The summed E-state index contributed by atoms with van der Waals surface area (Å²) >= 11 is 0. The fourth-order valence-corrected chi connectivity index (χ4v) is 6.03. The number of likely N-dealkylation sites (tertiary alicyclic amines) is 1. The van der Waals surface area contributed by atoms with Crippen LogP contribution in [0.15, 0.2) is 31.0 Å². The van der Waals surface area contributed by atoms with Gasteiger partial charge in [0.2, 0.25) is 0 Å². The molecule has 2 bridgehead atoms. The number of nitriles is 1. The fourth-order valence-electron chi connectivity index (χ4n) is 6.03. The number of fused-ring (bicyclic) bond motifs is 3. The molecule has 3 aliphatic rings. The predicted octanol–water partition coefficient (Wildman–Crippen LogP) is 3.32. The molecule has 2 atom stereocenters. The molecule has 2 saturated carbocycles. The normalized spacial score (nSPS) is 28.3. The third-order valence-electron chi connectivity index (χ3n) is 7.48. The number of nitrogens with one attached hydrogen (secondary N) is 1. The van der Waals surface area contributed by atoms with Gasteiger partial charge in [0.1, 0.15) is 17.5 Å². The Balaban J connectivity index is 1.26. The molecule has 7 nitrogen and oxygen atoms in total. The zero-order chi connectivity index (χ0) is 19.4. The molecule has 2 aliphatic carbocycles. The highest BCUT2D eigenvalue weighted by Gasteiger charge is 2.49. The first-order valence-electron chi connectivity index (χ1n) is 10.7. The van der Waals surface area contributed by atoms with Gasteiger partial charge in [-0.15, -0.1) is 0 Å². The molecule has 0 aromatic carbocycles. The molecular formula is C22H25N7. The van der Waals surface area contributed by atoms with Gasteiger partial charge in [-0.2, -0.15) is 10.4 Å². The summed E-state index contributed by atoms with van der Waals surface area (Å²) in [5, 5.41) is 15.2. The second-order valence-electron chi connectivity index (χ2n) is 9.27. The van der Waals surface area contributed by atoms with E-state index >= 15 is 0 Å². The minimum atomic E-state index is -0.214. The van der Waals surface area contributed by atoms with Crippen molar-refractivity contribution in [2.45, 2.75) is 50.1 Å². The van der Waals surface area contributed by atoms with Crippen LogP contribution in [-0.2, 0) is 5.54 Å². The highest BCUT2D eigenvalue weighted by atomic mass is 15.4. The molecule has 148 valence electrons. The lowest BCUT2D eigenvalue weighted by molar-refractivity contribution is -0.0433. The van der Waals surface area contributed by atoms with Crippen molar-refractivity contribution in [2.75, 3.05) is 13.1 Å². The zero-order valence-electron chi connectivity index (χ0n) is 16.5. The minimum absolute atomic E-state index is 0.214. The number of aromatic nitrogens is 5. The first-order valence-corrected chi connectivity index (χ1v) is 10.7. The fraction of sp³-hybridized carbons (Fsp3) is 0.545. The summed E-state index contributed by atoms with van der Waals surface area (Å²) in [5.41, 5.74) is 2.47. The lowest BCUT2D eigenvalue weighted by Crippen LogP contribution is -2.65. The van der Waals surface area contributed by atoms with E-state index in [-0.39, 0.29) is 5.54 Å². The summed E-state index contributed by atoms with van der Waals surface area (Å²) in [6.07, 6.45) is 14.9. The second-order valence-corrected chi connectivity index (χ2v) is 9.27. The van der Waals surface area contributed by atoms with Gasteiger partial charge >= 0.3 is 0 Å². The van der Waals surface area contributed by atoms with Crippen molar-refractivity contribution in [1.82, 2.24) is 29.6 Å². The van der Waals surface area contributed by atoms with Crippen LogP contribution in [0.4, 0.5) is 0 Å². The van der Waals surface area contributed by atoms with E-state index in [9.17, 15) is 5.26 Å². The maximum atomic E-state index is 9.52. The topological polar surface area (TPSA) is 86.4 Å². The predicted molar refractivity (Wildman–Crippen MR) is 109 cm³/mol. The summed E-state index contributed by atoms with van der Waals surface area (Å²) in [5.74, 6) is 1.87. The molecule has 3 aromatic heterocycles. The average molecular weight is 387 g/mol. The van der Waals surface area contributed by atoms with Gasteiger partial charge < -0.3 is 4.98 Å². The molecule has 0 spiro atoms. The average Bonchev–Trinajstić information content (AvgIpc) is 3.44. The Hall–Kier alpha value is -2.72. The molecular weight excluding hydrogens is 362 g/mol. The molecule has 0 radical (unpaired) electrons. The Labute approximate surface area is 169 Å². The minimum Gasteiger partial charge on any atom is -0.346 e. The van der Waals surface area contributed by atoms with Crippen molar-refractivity contribution in [3.05, 3.63) is 31.0 Å². The van der Waals surface area contributed by atoms with Crippen LogP contribution in [-0.4, -0.2) is 48.8 Å². The van der Waals surface area contributed by atoms with E-state index in [1.54, 1.807) is 6.33 Å². The highest BCUT2D eigenvalue weighted by molar-refractivity contribution is 5.89. The van der Waals surface area contributed by atoms with E-state index in [4.69, 9.17) is 0 Å². The van der Waals surface area contributed by atoms with Gasteiger partial charge in [-0.05, 0) is 37.2 Å². The van der Waals surface area contributed by atoms with Crippen LogP contribution in [0.5, 0.6) is 0 Å². The van der Waals surface area contributed by atoms with Gasteiger partial charge in [-0.25, -0.2) is 9.97 Å². The number of hydrogen-bond acceptors (Lipinski definition) is 5. The van der Waals surface area contributed by atoms with E-state index < -0.39 is 0 Å². The standard InChI is InChI=1S/C22H25N7/c23-5-4-22(12-28(13-22)18-8-15-1-2-16(7-15)9-18)29-11-17(10-27-29)20-19-3-6-24-21(19)26-14-25-20/h3,6,10-11,14-16,18H,1-2,4,7-9,12-13H2,(H,24,25,26). The van der Waals surface area contributed by atoms with E-state index in [0.29, 0.717) is 12.5 Å². The summed E-state index contributed by atoms with van der Waals surface area (Å²) < 4.78 is 2.03. The van der Waals surface area contributed by atoms with Crippen LogP contribution >= 0.6 is 0 Å². The third-order valence-corrected chi connectivity index (χ3v) is 7.48. The van der Waals surface area contributed by atoms with Gasteiger partial charge in [-0.3, -0.25) is 9.58 Å². The van der Waals surface area contributed by atoms with Crippen molar-refractivity contribution in [2.24, 2.45) is 11.8 Å². The summed E-state index contributed by atoms with van der Waals surface area (Å²) in [7, 11) is 0. The Bertz CT molecular complexity index is 1070. The van der Waals surface area contributed by atoms with Crippen LogP contribution in [0.1, 0.15) is 38.5 Å². The molecule has 1 aliphatic heterocycles. The van der Waals surface area contributed by atoms with E-state index in [0.717, 1.165) is 47.2 Å². The van der Waals surface area contributed by atoms with Crippen molar-refractivity contribution < 1.29 is 0 Å².